The van der Waals surface area contributed by atoms with Crippen LogP contribution in [0.15, 0.2) is 30.3 Å². The van der Waals surface area contributed by atoms with Crippen LogP contribution in [0, 0.1) is 23.7 Å². The van der Waals surface area contributed by atoms with Gasteiger partial charge in [-0.2, -0.15) is 0 Å². The standard InChI is InChI=1S/C40H68N6O8/c1-13-26(6)35(45(10)40(51)33(24(2)3)42-39(50)34(25(4)5)44(8)9)31(53-11)23-32(47)46-21-17-20-30(46)36(54-12)27(7)37(48)41-29(38(49)43-52)22-28-18-15-14-16-19-28/h14-16,18-19,24-27,29-31,33-36,52H,13,17,20-23H2,1-12H3,(H,41,48)(H,42,50)(H,43,49)/t26-,27+,29-,30?,31+,33-,34-,35-,36+/m0/s1. The van der Waals surface area contributed by atoms with Gasteiger partial charge >= 0.3 is 0 Å². The van der Waals surface area contributed by atoms with Gasteiger partial charge in [-0.25, -0.2) is 5.48 Å². The number of nitrogens with one attached hydrogen (secondary N) is 3. The summed E-state index contributed by atoms with van der Waals surface area (Å²) in [5.74, 6) is -2.80. The second kappa shape index (κ2) is 22.1. The summed E-state index contributed by atoms with van der Waals surface area (Å²) in [6.07, 6.45) is 0.846. The van der Waals surface area contributed by atoms with Gasteiger partial charge in [-0.3, -0.25) is 34.1 Å². The van der Waals surface area contributed by atoms with Crippen molar-refractivity contribution in [2.75, 3.05) is 41.9 Å². The predicted octanol–water partition coefficient (Wildman–Crippen LogP) is 2.87. The maximum absolute atomic E-state index is 14.2. The van der Waals surface area contributed by atoms with E-state index in [1.807, 2.05) is 90.9 Å². The van der Waals surface area contributed by atoms with Crippen LogP contribution in [0.3, 0.4) is 0 Å². The number of ether oxygens (including phenoxy) is 2. The number of hydrogen-bond donors (Lipinski definition) is 4. The van der Waals surface area contributed by atoms with E-state index in [2.05, 4.69) is 10.6 Å². The summed E-state index contributed by atoms with van der Waals surface area (Å²) in [6.45, 7) is 14.0. The highest BCUT2D eigenvalue weighted by atomic mass is 16.5. The zero-order chi connectivity index (χ0) is 40.9. The maximum Gasteiger partial charge on any atom is 0.266 e. The lowest BCUT2D eigenvalue weighted by Gasteiger charge is -2.41. The molecular formula is C40H68N6O8. The number of amides is 5. The van der Waals surface area contributed by atoms with Crippen molar-refractivity contribution in [3.63, 3.8) is 0 Å². The molecule has 4 N–H and O–H groups in total. The Bertz CT molecular complexity index is 1350. The van der Waals surface area contributed by atoms with Crippen molar-refractivity contribution in [2.24, 2.45) is 23.7 Å². The summed E-state index contributed by atoms with van der Waals surface area (Å²) in [4.78, 5) is 73.2. The van der Waals surface area contributed by atoms with Crippen molar-refractivity contribution in [2.45, 2.75) is 123 Å². The lowest BCUT2D eigenvalue weighted by Crippen LogP contribution is -2.59. The van der Waals surface area contributed by atoms with Crippen LogP contribution in [0.2, 0.25) is 0 Å². The topological polar surface area (TPSA) is 170 Å². The van der Waals surface area contributed by atoms with Crippen LogP contribution in [0.4, 0.5) is 0 Å². The highest BCUT2D eigenvalue weighted by Crippen LogP contribution is 2.30. The van der Waals surface area contributed by atoms with Crippen LogP contribution in [0.25, 0.3) is 0 Å². The van der Waals surface area contributed by atoms with E-state index in [0.717, 1.165) is 12.0 Å². The molecule has 0 bridgehead atoms. The third-order valence-corrected chi connectivity index (χ3v) is 11.0. The fourth-order valence-electron chi connectivity index (χ4n) is 7.85. The smallest absolute Gasteiger partial charge is 0.266 e. The fraction of sp³-hybridized carbons (Fsp3) is 0.725. The number of rotatable bonds is 21. The molecule has 0 radical (unpaired) electrons. The lowest BCUT2D eigenvalue weighted by molar-refractivity contribution is -0.148. The molecule has 1 unspecified atom stereocenters. The average Bonchev–Trinajstić information content (AvgIpc) is 3.62. The molecule has 0 aliphatic carbocycles. The molecule has 1 heterocycles. The minimum Gasteiger partial charge on any atom is -0.379 e. The van der Waals surface area contributed by atoms with Crippen LogP contribution < -0.4 is 16.1 Å². The van der Waals surface area contributed by atoms with E-state index in [4.69, 9.17) is 9.47 Å². The number of nitrogens with zero attached hydrogens (tertiary/aromatic N) is 3. The van der Waals surface area contributed by atoms with Gasteiger partial charge in [-0.05, 0) is 50.3 Å². The molecule has 0 saturated carbocycles. The van der Waals surface area contributed by atoms with Crippen molar-refractivity contribution < 1.29 is 38.7 Å². The number of carbonyl (C=O) groups is 5. The van der Waals surface area contributed by atoms with Crippen LogP contribution in [-0.2, 0) is 39.9 Å². The van der Waals surface area contributed by atoms with E-state index < -0.39 is 60.1 Å². The predicted molar refractivity (Wildman–Crippen MR) is 207 cm³/mol. The number of hydrogen-bond acceptors (Lipinski definition) is 9. The van der Waals surface area contributed by atoms with E-state index in [1.165, 1.54) is 14.2 Å². The molecule has 0 spiro atoms. The molecule has 306 valence electrons. The minimum atomic E-state index is -1.03. The van der Waals surface area contributed by atoms with Crippen LogP contribution in [0.5, 0.6) is 0 Å². The number of benzene rings is 1. The van der Waals surface area contributed by atoms with Gasteiger partial charge < -0.3 is 29.9 Å². The van der Waals surface area contributed by atoms with Gasteiger partial charge in [0.25, 0.3) is 5.91 Å². The molecule has 5 amide bonds. The molecule has 1 fully saturated rings. The molecule has 1 aromatic rings. The summed E-state index contributed by atoms with van der Waals surface area (Å²) in [6, 6.07) is 6.03. The first-order valence-corrected chi connectivity index (χ1v) is 19.3. The van der Waals surface area contributed by atoms with E-state index in [0.29, 0.717) is 19.4 Å². The molecule has 1 aliphatic heterocycles. The highest BCUT2D eigenvalue weighted by molar-refractivity contribution is 5.90. The molecule has 14 nitrogen and oxygen atoms in total. The summed E-state index contributed by atoms with van der Waals surface area (Å²) in [7, 11) is 8.45. The quantitative estimate of drug-likeness (QED) is 0.109. The molecule has 9 atom stereocenters. The van der Waals surface area contributed by atoms with Gasteiger partial charge in [0.1, 0.15) is 12.1 Å². The number of methoxy groups -OCH3 is 2. The summed E-state index contributed by atoms with van der Waals surface area (Å²) in [5, 5.41) is 15.2. The molecule has 0 aromatic heterocycles. The zero-order valence-electron chi connectivity index (χ0n) is 34.6. The van der Waals surface area contributed by atoms with Crippen molar-refractivity contribution >= 4 is 29.5 Å². The normalized spacial score (nSPS) is 19.0. The van der Waals surface area contributed by atoms with Crippen LogP contribution in [0.1, 0.15) is 79.7 Å². The third kappa shape index (κ3) is 12.2. The Kier molecular flexibility index (Phi) is 19.0. The highest BCUT2D eigenvalue weighted by Gasteiger charge is 2.43. The summed E-state index contributed by atoms with van der Waals surface area (Å²) >= 11 is 0. The van der Waals surface area contributed by atoms with Gasteiger partial charge in [0, 0.05) is 34.2 Å². The monoisotopic (exact) mass is 761 g/mol. The average molecular weight is 761 g/mol. The first-order valence-electron chi connectivity index (χ1n) is 19.3. The molecule has 1 aromatic carbocycles. The number of hydroxylamine groups is 1. The molecule has 14 heteroatoms. The molecular weight excluding hydrogens is 692 g/mol. The lowest BCUT2D eigenvalue weighted by atomic mass is 9.89. The second-order valence-corrected chi connectivity index (χ2v) is 15.7. The molecule has 1 saturated heterocycles. The van der Waals surface area contributed by atoms with Crippen molar-refractivity contribution in [3.8, 4) is 0 Å². The first-order chi connectivity index (χ1) is 25.4. The van der Waals surface area contributed by atoms with E-state index in [1.54, 1.807) is 29.3 Å². The van der Waals surface area contributed by atoms with Crippen molar-refractivity contribution in [3.05, 3.63) is 35.9 Å². The Balaban J connectivity index is 2.29. The second-order valence-electron chi connectivity index (χ2n) is 15.7. The van der Waals surface area contributed by atoms with Crippen LogP contribution in [-0.4, -0.2) is 134 Å². The minimum absolute atomic E-state index is 0.0127. The summed E-state index contributed by atoms with van der Waals surface area (Å²) < 4.78 is 11.9. The van der Waals surface area contributed by atoms with Crippen LogP contribution >= 0.6 is 0 Å². The van der Waals surface area contributed by atoms with Crippen molar-refractivity contribution in [1.29, 1.82) is 0 Å². The van der Waals surface area contributed by atoms with Gasteiger partial charge in [-0.1, -0.05) is 85.2 Å². The van der Waals surface area contributed by atoms with Gasteiger partial charge in [0.05, 0.1) is 42.7 Å². The first kappa shape index (κ1) is 46.6. The Labute approximate surface area is 323 Å². The van der Waals surface area contributed by atoms with Gasteiger partial charge in [0.2, 0.25) is 23.6 Å². The third-order valence-electron chi connectivity index (χ3n) is 11.0. The Hall–Kier alpha value is -3.59. The van der Waals surface area contributed by atoms with E-state index in [-0.39, 0.29) is 48.3 Å². The maximum atomic E-state index is 14.2. The van der Waals surface area contributed by atoms with Gasteiger partial charge in [0.15, 0.2) is 0 Å². The SMILES string of the molecule is CC[C@H](C)[C@@H]([C@@H](CC(=O)N1CCCC1[C@H](OC)[C@@H](C)C(=O)N[C@@H](Cc1ccccc1)C(=O)NO)OC)N(C)C(=O)[C@@H](NC(=O)[C@H](C(C)C)N(C)C)C(C)C. The Morgan fingerprint density at radius 1 is 0.889 bits per heavy atom. The number of likely N-dealkylation sites (N-methyl/N-ethyl adjacent to an activating group) is 2. The largest absolute Gasteiger partial charge is 0.379 e. The van der Waals surface area contributed by atoms with Crippen molar-refractivity contribution in [1.82, 2.24) is 30.8 Å². The summed E-state index contributed by atoms with van der Waals surface area (Å²) in [5.41, 5.74) is 2.45. The number of likely N-dealkylation sites (tertiary alicyclic amines) is 1. The molecule has 54 heavy (non-hydrogen) atoms. The number of carbonyl (C=O) groups excluding carboxylic acids is 5. The zero-order valence-corrected chi connectivity index (χ0v) is 34.6. The molecule has 1 aliphatic rings. The fourth-order valence-corrected chi connectivity index (χ4v) is 7.85. The Morgan fingerprint density at radius 2 is 1.52 bits per heavy atom. The van der Waals surface area contributed by atoms with Gasteiger partial charge in [-0.15, -0.1) is 0 Å². The molecule has 2 rings (SSSR count). The van der Waals surface area contributed by atoms with E-state index >= 15 is 0 Å². The Morgan fingerprint density at radius 3 is 2.02 bits per heavy atom. The van der Waals surface area contributed by atoms with E-state index in [9.17, 15) is 29.2 Å².